The minimum atomic E-state index is -4.73. The maximum absolute atomic E-state index is 14.1. The van der Waals surface area contributed by atoms with Crippen molar-refractivity contribution in [2.24, 2.45) is 0 Å². The number of rotatable bonds is 6. The van der Waals surface area contributed by atoms with E-state index in [0.717, 1.165) is 17.2 Å². The summed E-state index contributed by atoms with van der Waals surface area (Å²) in [4.78, 5) is 34.1. The number of piperazine rings is 1. The van der Waals surface area contributed by atoms with Crippen molar-refractivity contribution < 1.29 is 37.0 Å². The predicted octanol–water partition coefficient (Wildman–Crippen LogP) is 7.11. The molecule has 6 rings (SSSR count). The van der Waals surface area contributed by atoms with Gasteiger partial charge in [0.15, 0.2) is 5.76 Å². The number of ether oxygens (including phenoxy) is 3. The van der Waals surface area contributed by atoms with Gasteiger partial charge < -0.3 is 24.0 Å². The van der Waals surface area contributed by atoms with Gasteiger partial charge in [-0.15, -0.1) is 0 Å². The molecule has 3 heterocycles. The molecule has 0 bridgehead atoms. The van der Waals surface area contributed by atoms with Gasteiger partial charge in [-0.05, 0) is 86.0 Å². The molecule has 51 heavy (non-hydrogen) atoms. The van der Waals surface area contributed by atoms with E-state index >= 15 is 0 Å². The summed E-state index contributed by atoms with van der Waals surface area (Å²) in [5, 5.41) is 9.38. The van der Waals surface area contributed by atoms with Gasteiger partial charge in [-0.3, -0.25) is 4.79 Å². The number of nitrogens with zero attached hydrogens (tertiary/aromatic N) is 5. The highest BCUT2D eigenvalue weighted by molar-refractivity contribution is 5.92. The number of hydrogen-bond donors (Lipinski definition) is 0. The van der Waals surface area contributed by atoms with Crippen LogP contribution in [0.3, 0.4) is 0 Å². The van der Waals surface area contributed by atoms with Gasteiger partial charge in [0.25, 0.3) is 0 Å². The zero-order valence-corrected chi connectivity index (χ0v) is 28.7. The van der Waals surface area contributed by atoms with E-state index in [4.69, 9.17) is 14.2 Å². The molecule has 2 aromatic heterocycles. The summed E-state index contributed by atoms with van der Waals surface area (Å²) in [7, 11) is 2.98. The zero-order valence-electron chi connectivity index (χ0n) is 28.7. The van der Waals surface area contributed by atoms with Crippen LogP contribution in [0, 0.1) is 0 Å². The lowest BCUT2D eigenvalue weighted by atomic mass is 10.0. The molecular formula is C38H36F3N5O5. The molecule has 0 radical (unpaired) electrons. The third kappa shape index (κ3) is 7.73. The highest BCUT2D eigenvalue weighted by Gasteiger charge is 2.38. The minimum Gasteiger partial charge on any atom is -0.497 e. The average Bonchev–Trinajstić information content (AvgIpc) is 3.29. The van der Waals surface area contributed by atoms with Crippen LogP contribution in [0.2, 0.25) is 0 Å². The number of aromatic nitrogens is 3. The number of carbonyl (C=O) groups excluding carboxylic acids is 2. The fourth-order valence-corrected chi connectivity index (χ4v) is 6.02. The summed E-state index contributed by atoms with van der Waals surface area (Å²) in [6.45, 7) is 5.52. The van der Waals surface area contributed by atoms with Gasteiger partial charge in [-0.1, -0.05) is 30.0 Å². The molecule has 2 amide bonds. The van der Waals surface area contributed by atoms with Gasteiger partial charge in [-0.25, -0.2) is 9.78 Å². The van der Waals surface area contributed by atoms with Crippen LogP contribution in [0.5, 0.6) is 5.75 Å². The van der Waals surface area contributed by atoms with E-state index in [1.165, 1.54) is 29.0 Å². The Labute approximate surface area is 292 Å². The molecule has 4 aromatic rings. The van der Waals surface area contributed by atoms with Crippen LogP contribution in [0.15, 0.2) is 72.2 Å². The Morgan fingerprint density at radius 3 is 2.37 bits per heavy atom. The molecule has 2 aromatic carbocycles. The molecule has 0 N–H and O–H groups in total. The lowest BCUT2D eigenvalue weighted by Crippen LogP contribution is -2.53. The molecule has 0 saturated carbocycles. The van der Waals surface area contributed by atoms with Crippen molar-refractivity contribution in [3.05, 3.63) is 106 Å². The quantitative estimate of drug-likeness (QED) is 0.196. The molecule has 264 valence electrons. The second-order valence-electron chi connectivity index (χ2n) is 13.1. The molecule has 1 aliphatic heterocycles. The standard InChI is InChI=1S/C38H36F3N5O5/c1-37(2,3)51-36(48)45-16-17-46(35(47)20-25-19-34(38(39,40)41)42-29-12-11-26(49-4)21-27(25)29)32(22-45)31-14-13-30(43-44-31)28-18-24-9-7-6-8-23(24)10-15-33(28)50-5/h6-14,18-19,21,32H,16-17,20,22H2,1-5H3/t32-/m0/s1. The number of halogens is 3. The molecular weight excluding hydrogens is 663 g/mol. The Kier molecular flexibility index (Phi) is 9.59. The van der Waals surface area contributed by atoms with Gasteiger partial charge in [0.05, 0.1) is 55.7 Å². The first-order valence-electron chi connectivity index (χ1n) is 16.2. The number of pyridine rings is 1. The van der Waals surface area contributed by atoms with E-state index in [9.17, 15) is 22.8 Å². The van der Waals surface area contributed by atoms with Crippen molar-refractivity contribution >= 4 is 40.6 Å². The third-order valence-corrected chi connectivity index (χ3v) is 8.49. The van der Waals surface area contributed by atoms with Gasteiger partial charge in [0.2, 0.25) is 5.91 Å². The normalized spacial score (nSPS) is 16.2. The summed E-state index contributed by atoms with van der Waals surface area (Å²) >= 11 is 0. The SMILES string of the molecule is COC1=C=Cc2ccccc2C=C1c1ccc([C@@H]2CN(C(=O)OC(C)(C)C)CCN2C(=O)Cc2cc(C(F)(F)F)nc3ccc(OC)cc23)nn1. The summed E-state index contributed by atoms with van der Waals surface area (Å²) in [6, 6.07) is 15.9. The fraction of sp³-hybridized carbons (Fsp3) is 0.316. The number of methoxy groups -OCH3 is 2. The molecule has 1 aliphatic carbocycles. The Morgan fingerprint density at radius 2 is 1.71 bits per heavy atom. The van der Waals surface area contributed by atoms with Crippen molar-refractivity contribution in [2.45, 2.75) is 45.0 Å². The van der Waals surface area contributed by atoms with E-state index in [-0.39, 0.29) is 37.1 Å². The van der Waals surface area contributed by atoms with Gasteiger partial charge in [0.1, 0.15) is 17.0 Å². The highest BCUT2D eigenvalue weighted by Crippen LogP contribution is 2.34. The molecule has 1 saturated heterocycles. The lowest BCUT2D eigenvalue weighted by molar-refractivity contribution is -0.141. The van der Waals surface area contributed by atoms with Crippen LogP contribution < -0.4 is 4.74 Å². The Bertz CT molecular complexity index is 2080. The topological polar surface area (TPSA) is 107 Å². The number of fused-ring (bicyclic) bond motifs is 2. The van der Waals surface area contributed by atoms with Crippen molar-refractivity contribution in [2.75, 3.05) is 33.9 Å². The number of hydrogen-bond acceptors (Lipinski definition) is 8. The average molecular weight is 700 g/mol. The van der Waals surface area contributed by atoms with Gasteiger partial charge in [0, 0.05) is 18.5 Å². The van der Waals surface area contributed by atoms with Crippen LogP contribution >= 0.6 is 0 Å². The number of carbonyl (C=O) groups is 2. The summed E-state index contributed by atoms with van der Waals surface area (Å²) in [5.41, 5.74) is 4.92. The molecule has 13 heteroatoms. The Hall–Kier alpha value is -5.68. The first-order valence-corrected chi connectivity index (χ1v) is 16.2. The molecule has 0 spiro atoms. The Morgan fingerprint density at radius 1 is 0.941 bits per heavy atom. The first-order chi connectivity index (χ1) is 24.2. The number of allylic oxidation sites excluding steroid dienone is 1. The largest absolute Gasteiger partial charge is 0.497 e. The smallest absolute Gasteiger partial charge is 0.433 e. The lowest BCUT2D eigenvalue weighted by Gasteiger charge is -2.41. The van der Waals surface area contributed by atoms with E-state index in [0.29, 0.717) is 33.9 Å². The second kappa shape index (κ2) is 13.9. The minimum absolute atomic E-state index is 0.0232. The molecule has 0 unspecified atom stereocenters. The third-order valence-electron chi connectivity index (χ3n) is 8.49. The zero-order chi connectivity index (χ0) is 36.5. The maximum Gasteiger partial charge on any atom is 0.433 e. The van der Waals surface area contributed by atoms with E-state index < -0.39 is 35.5 Å². The van der Waals surface area contributed by atoms with Crippen LogP contribution in [-0.4, -0.2) is 76.4 Å². The number of benzene rings is 2. The Balaban J connectivity index is 1.36. The van der Waals surface area contributed by atoms with Crippen LogP contribution in [-0.2, 0) is 26.9 Å². The van der Waals surface area contributed by atoms with Crippen molar-refractivity contribution in [1.29, 1.82) is 0 Å². The summed E-state index contributed by atoms with van der Waals surface area (Å²) in [5.74, 6) is 0.403. The van der Waals surface area contributed by atoms with E-state index in [1.54, 1.807) is 46.1 Å². The molecule has 1 atom stereocenters. The maximum atomic E-state index is 14.1. The van der Waals surface area contributed by atoms with Crippen molar-refractivity contribution in [3.63, 3.8) is 0 Å². The monoisotopic (exact) mass is 699 g/mol. The number of alkyl halides is 3. The van der Waals surface area contributed by atoms with E-state index in [2.05, 4.69) is 20.9 Å². The van der Waals surface area contributed by atoms with Gasteiger partial charge >= 0.3 is 12.3 Å². The predicted molar refractivity (Wildman–Crippen MR) is 184 cm³/mol. The number of amides is 2. The summed E-state index contributed by atoms with van der Waals surface area (Å²) < 4.78 is 58.2. The van der Waals surface area contributed by atoms with Crippen LogP contribution in [0.25, 0.3) is 28.6 Å². The second-order valence-corrected chi connectivity index (χ2v) is 13.1. The molecule has 10 nitrogen and oxygen atoms in total. The van der Waals surface area contributed by atoms with Crippen LogP contribution in [0.1, 0.15) is 60.6 Å². The summed E-state index contributed by atoms with van der Waals surface area (Å²) in [6.07, 6.45) is -1.90. The van der Waals surface area contributed by atoms with E-state index in [1.807, 2.05) is 36.4 Å². The van der Waals surface area contributed by atoms with Crippen LogP contribution in [0.4, 0.5) is 18.0 Å². The first kappa shape index (κ1) is 35.2. The van der Waals surface area contributed by atoms with Gasteiger partial charge in [-0.2, -0.15) is 23.4 Å². The molecule has 1 fully saturated rings. The van der Waals surface area contributed by atoms with Crippen molar-refractivity contribution in [1.82, 2.24) is 25.0 Å². The highest BCUT2D eigenvalue weighted by atomic mass is 19.4. The van der Waals surface area contributed by atoms with Crippen molar-refractivity contribution in [3.8, 4) is 5.75 Å². The molecule has 2 aliphatic rings. The fourth-order valence-electron chi connectivity index (χ4n) is 6.02.